The van der Waals surface area contributed by atoms with E-state index in [0.717, 1.165) is 18.7 Å². The number of rotatable bonds is 6. The molecule has 1 N–H and O–H groups in total. The van der Waals surface area contributed by atoms with Crippen LogP contribution in [0.3, 0.4) is 0 Å². The van der Waals surface area contributed by atoms with Gasteiger partial charge in [0.05, 0.1) is 11.6 Å². The Balaban J connectivity index is 2.65. The number of aromatic nitrogens is 1. The summed E-state index contributed by atoms with van der Waals surface area (Å²) in [5.41, 5.74) is 1.03. The Morgan fingerprint density at radius 3 is 2.88 bits per heavy atom. The highest BCUT2D eigenvalue weighted by atomic mass is 35.5. The topological polar surface area (TPSA) is 34.1 Å². The summed E-state index contributed by atoms with van der Waals surface area (Å²) < 4.78 is 5.55. The Labute approximate surface area is 102 Å². The van der Waals surface area contributed by atoms with E-state index in [9.17, 15) is 0 Å². The molecule has 0 aliphatic heterocycles. The standard InChI is InChI=1S/C12H19ClN2O/c1-4-14-6-10-5-12(15-7-11(10)13)16-8-9(2)3/h5,7,9,14H,4,6,8H2,1-3H3. The van der Waals surface area contributed by atoms with Crippen LogP contribution in [0, 0.1) is 5.92 Å². The quantitative estimate of drug-likeness (QED) is 0.833. The molecule has 0 aromatic carbocycles. The summed E-state index contributed by atoms with van der Waals surface area (Å²) in [5.74, 6) is 1.14. The van der Waals surface area contributed by atoms with E-state index < -0.39 is 0 Å². The average Bonchev–Trinajstić information content (AvgIpc) is 2.26. The van der Waals surface area contributed by atoms with Crippen molar-refractivity contribution in [3.63, 3.8) is 0 Å². The molecule has 1 rings (SSSR count). The van der Waals surface area contributed by atoms with Gasteiger partial charge in [0.1, 0.15) is 0 Å². The summed E-state index contributed by atoms with van der Waals surface area (Å²) in [4.78, 5) is 4.14. The van der Waals surface area contributed by atoms with Crippen molar-refractivity contribution in [1.82, 2.24) is 10.3 Å². The van der Waals surface area contributed by atoms with Crippen molar-refractivity contribution in [2.24, 2.45) is 5.92 Å². The van der Waals surface area contributed by atoms with Gasteiger partial charge < -0.3 is 10.1 Å². The number of nitrogens with zero attached hydrogens (tertiary/aromatic N) is 1. The highest BCUT2D eigenvalue weighted by molar-refractivity contribution is 6.31. The Morgan fingerprint density at radius 1 is 1.50 bits per heavy atom. The largest absolute Gasteiger partial charge is 0.477 e. The van der Waals surface area contributed by atoms with Crippen LogP contribution in [-0.2, 0) is 6.54 Å². The third kappa shape index (κ3) is 4.37. The maximum Gasteiger partial charge on any atom is 0.213 e. The maximum absolute atomic E-state index is 6.04. The molecule has 1 aromatic rings. The van der Waals surface area contributed by atoms with Crippen LogP contribution >= 0.6 is 11.6 Å². The lowest BCUT2D eigenvalue weighted by Crippen LogP contribution is -2.13. The van der Waals surface area contributed by atoms with E-state index in [-0.39, 0.29) is 0 Å². The summed E-state index contributed by atoms with van der Waals surface area (Å²) in [7, 11) is 0. The second-order valence-electron chi connectivity index (χ2n) is 4.10. The summed E-state index contributed by atoms with van der Waals surface area (Å²) in [6.45, 7) is 8.61. The van der Waals surface area contributed by atoms with Gasteiger partial charge in [0.15, 0.2) is 0 Å². The SMILES string of the molecule is CCNCc1cc(OCC(C)C)ncc1Cl. The molecule has 0 radical (unpaired) electrons. The van der Waals surface area contributed by atoms with Gasteiger partial charge in [-0.1, -0.05) is 32.4 Å². The van der Waals surface area contributed by atoms with Crippen LogP contribution in [-0.4, -0.2) is 18.1 Å². The number of halogens is 1. The lowest BCUT2D eigenvalue weighted by atomic mass is 10.2. The fraction of sp³-hybridized carbons (Fsp3) is 0.583. The van der Waals surface area contributed by atoms with Crippen LogP contribution in [0.1, 0.15) is 26.3 Å². The molecular formula is C12H19ClN2O. The number of nitrogens with one attached hydrogen (secondary N) is 1. The first-order chi connectivity index (χ1) is 7.63. The van der Waals surface area contributed by atoms with E-state index >= 15 is 0 Å². The van der Waals surface area contributed by atoms with Gasteiger partial charge in [-0.2, -0.15) is 0 Å². The first-order valence-electron chi connectivity index (χ1n) is 5.61. The van der Waals surface area contributed by atoms with E-state index in [1.54, 1.807) is 6.20 Å². The van der Waals surface area contributed by atoms with Crippen molar-refractivity contribution in [2.75, 3.05) is 13.2 Å². The van der Waals surface area contributed by atoms with Crippen molar-refractivity contribution in [2.45, 2.75) is 27.3 Å². The molecule has 3 nitrogen and oxygen atoms in total. The summed E-state index contributed by atoms with van der Waals surface area (Å²) >= 11 is 6.04. The smallest absolute Gasteiger partial charge is 0.213 e. The van der Waals surface area contributed by atoms with Crippen molar-refractivity contribution in [3.05, 3.63) is 22.8 Å². The molecule has 0 saturated carbocycles. The molecular weight excluding hydrogens is 224 g/mol. The number of hydrogen-bond acceptors (Lipinski definition) is 3. The maximum atomic E-state index is 6.04. The van der Waals surface area contributed by atoms with Crippen molar-refractivity contribution in [1.29, 1.82) is 0 Å². The second-order valence-corrected chi connectivity index (χ2v) is 4.51. The van der Waals surface area contributed by atoms with E-state index in [4.69, 9.17) is 16.3 Å². The molecule has 16 heavy (non-hydrogen) atoms. The molecule has 0 atom stereocenters. The molecule has 0 fully saturated rings. The highest BCUT2D eigenvalue weighted by Crippen LogP contribution is 2.19. The van der Waals surface area contributed by atoms with Gasteiger partial charge in [0, 0.05) is 18.8 Å². The van der Waals surface area contributed by atoms with Gasteiger partial charge in [-0.15, -0.1) is 0 Å². The molecule has 0 unspecified atom stereocenters. The van der Waals surface area contributed by atoms with Crippen LogP contribution in [0.4, 0.5) is 0 Å². The molecule has 4 heteroatoms. The summed E-state index contributed by atoms with van der Waals surface area (Å²) in [5, 5.41) is 3.91. The fourth-order valence-electron chi connectivity index (χ4n) is 1.18. The van der Waals surface area contributed by atoms with Crippen LogP contribution in [0.15, 0.2) is 12.3 Å². The zero-order chi connectivity index (χ0) is 12.0. The van der Waals surface area contributed by atoms with Gasteiger partial charge >= 0.3 is 0 Å². The van der Waals surface area contributed by atoms with Gasteiger partial charge in [0.25, 0.3) is 0 Å². The number of ether oxygens (including phenoxy) is 1. The monoisotopic (exact) mass is 242 g/mol. The molecule has 0 bridgehead atoms. The van der Waals surface area contributed by atoms with Gasteiger partial charge in [-0.3, -0.25) is 0 Å². The fourth-order valence-corrected chi connectivity index (χ4v) is 1.35. The first-order valence-corrected chi connectivity index (χ1v) is 5.99. The second kappa shape index (κ2) is 6.71. The number of hydrogen-bond donors (Lipinski definition) is 1. The molecule has 0 amide bonds. The first kappa shape index (κ1) is 13.3. The molecule has 1 heterocycles. The molecule has 0 spiro atoms. The van der Waals surface area contributed by atoms with Crippen LogP contribution in [0.5, 0.6) is 5.88 Å². The predicted octanol–water partition coefficient (Wildman–Crippen LogP) is 2.88. The molecule has 0 saturated heterocycles. The minimum absolute atomic E-state index is 0.495. The van der Waals surface area contributed by atoms with Gasteiger partial charge in [0.2, 0.25) is 5.88 Å². The van der Waals surface area contributed by atoms with Gasteiger partial charge in [-0.25, -0.2) is 4.98 Å². The highest BCUT2D eigenvalue weighted by Gasteiger charge is 2.04. The number of pyridine rings is 1. The zero-order valence-corrected chi connectivity index (χ0v) is 10.8. The Kier molecular flexibility index (Phi) is 5.56. The van der Waals surface area contributed by atoms with Gasteiger partial charge in [-0.05, 0) is 18.0 Å². The lowest BCUT2D eigenvalue weighted by molar-refractivity contribution is 0.261. The normalized spacial score (nSPS) is 10.8. The predicted molar refractivity (Wildman–Crippen MR) is 67.0 cm³/mol. The third-order valence-corrected chi connectivity index (χ3v) is 2.38. The lowest BCUT2D eigenvalue weighted by Gasteiger charge is -2.10. The minimum atomic E-state index is 0.495. The summed E-state index contributed by atoms with van der Waals surface area (Å²) in [6.07, 6.45) is 1.64. The minimum Gasteiger partial charge on any atom is -0.477 e. The summed E-state index contributed by atoms with van der Waals surface area (Å²) in [6, 6.07) is 1.90. The zero-order valence-electron chi connectivity index (χ0n) is 10.1. The third-order valence-electron chi connectivity index (χ3n) is 2.04. The Hall–Kier alpha value is -0.800. The van der Waals surface area contributed by atoms with Crippen LogP contribution < -0.4 is 10.1 Å². The van der Waals surface area contributed by atoms with E-state index in [0.29, 0.717) is 23.4 Å². The molecule has 0 aliphatic rings. The van der Waals surface area contributed by atoms with Crippen LogP contribution in [0.25, 0.3) is 0 Å². The Morgan fingerprint density at radius 2 is 2.25 bits per heavy atom. The van der Waals surface area contributed by atoms with E-state index in [2.05, 4.69) is 31.1 Å². The van der Waals surface area contributed by atoms with Crippen LogP contribution in [0.2, 0.25) is 5.02 Å². The van der Waals surface area contributed by atoms with Crippen molar-refractivity contribution in [3.8, 4) is 5.88 Å². The Bertz CT molecular complexity index is 329. The molecule has 0 aliphatic carbocycles. The average molecular weight is 243 g/mol. The van der Waals surface area contributed by atoms with Crippen molar-refractivity contribution < 1.29 is 4.74 Å². The molecule has 90 valence electrons. The van der Waals surface area contributed by atoms with E-state index in [1.807, 2.05) is 6.07 Å². The van der Waals surface area contributed by atoms with Crippen molar-refractivity contribution >= 4 is 11.6 Å². The molecule has 1 aromatic heterocycles. The van der Waals surface area contributed by atoms with E-state index in [1.165, 1.54) is 0 Å².